The number of hydrogen-bond acceptors (Lipinski definition) is 8. The first-order chi connectivity index (χ1) is 22.1. The maximum Gasteiger partial charge on any atom is 0.161 e. The van der Waals surface area contributed by atoms with Gasteiger partial charge < -0.3 is 18.9 Å². The normalized spacial score (nSPS) is 23.3. The molecular formula is C38H58N2O6S2. The van der Waals surface area contributed by atoms with E-state index >= 15 is 0 Å². The number of piperidine rings is 2. The van der Waals surface area contributed by atoms with Gasteiger partial charge >= 0.3 is 0 Å². The SMILES string of the molecule is COc1cc2c(cc1OC)[C@@H]1CC(=O)[C@@H](CC(C)C)CN1CC2.COc1cc2c(cc1OC)[C@H]1CC(=O)[C@H](CC(C)C)CN1CC2.S.S. The quantitative estimate of drug-likeness (QED) is 0.301. The third-order valence-electron chi connectivity index (χ3n) is 10.3. The Kier molecular flexibility index (Phi) is 14.6. The van der Waals surface area contributed by atoms with E-state index in [1.165, 1.54) is 22.3 Å². The number of carbonyl (C=O) groups is 2. The van der Waals surface area contributed by atoms with Crippen molar-refractivity contribution in [3.8, 4) is 23.0 Å². The fourth-order valence-corrected chi connectivity index (χ4v) is 8.11. The molecule has 0 amide bonds. The first kappa shape index (κ1) is 40.0. The van der Waals surface area contributed by atoms with Gasteiger partial charge in [-0.15, -0.1) is 0 Å². The molecule has 0 radical (unpaired) electrons. The fraction of sp³-hybridized carbons (Fsp3) is 0.632. The van der Waals surface area contributed by atoms with Gasteiger partial charge in [0, 0.05) is 62.9 Å². The van der Waals surface area contributed by atoms with Gasteiger partial charge in [-0.05, 0) is 84.0 Å². The molecule has 0 saturated carbocycles. The van der Waals surface area contributed by atoms with Gasteiger partial charge in [0.2, 0.25) is 0 Å². The summed E-state index contributed by atoms with van der Waals surface area (Å²) in [5.41, 5.74) is 5.06. The molecule has 4 aliphatic rings. The van der Waals surface area contributed by atoms with Crippen molar-refractivity contribution in [3.63, 3.8) is 0 Å². The van der Waals surface area contributed by atoms with Crippen molar-refractivity contribution in [1.82, 2.24) is 9.80 Å². The van der Waals surface area contributed by atoms with Crippen LogP contribution in [-0.2, 0) is 22.4 Å². The molecule has 2 aromatic rings. The number of fused-ring (bicyclic) bond motifs is 6. The molecule has 0 unspecified atom stereocenters. The number of carbonyl (C=O) groups excluding carboxylic acids is 2. The van der Waals surface area contributed by atoms with E-state index < -0.39 is 0 Å². The lowest BCUT2D eigenvalue weighted by Crippen LogP contribution is -2.46. The molecule has 0 aliphatic carbocycles. The van der Waals surface area contributed by atoms with Crippen LogP contribution < -0.4 is 18.9 Å². The Hall–Kier alpha value is -2.40. The zero-order valence-electron chi connectivity index (χ0n) is 30.2. The molecule has 0 aromatic heterocycles. The summed E-state index contributed by atoms with van der Waals surface area (Å²) in [6.07, 6.45) is 5.27. The Morgan fingerprint density at radius 2 is 0.938 bits per heavy atom. The van der Waals surface area contributed by atoms with Gasteiger partial charge in [0.05, 0.1) is 28.4 Å². The van der Waals surface area contributed by atoms with Gasteiger partial charge in [-0.25, -0.2) is 0 Å². The molecule has 4 atom stereocenters. The van der Waals surface area contributed by atoms with Crippen LogP contribution in [0.15, 0.2) is 24.3 Å². The molecule has 0 N–H and O–H groups in total. The number of ketones is 2. The van der Waals surface area contributed by atoms with Crippen molar-refractivity contribution in [2.45, 2.75) is 78.3 Å². The van der Waals surface area contributed by atoms with Gasteiger partial charge in [-0.2, -0.15) is 27.0 Å². The van der Waals surface area contributed by atoms with E-state index in [1.807, 2.05) is 0 Å². The van der Waals surface area contributed by atoms with Crippen LogP contribution >= 0.6 is 27.0 Å². The second kappa shape index (κ2) is 17.5. The van der Waals surface area contributed by atoms with Crippen LogP contribution in [0, 0.1) is 23.7 Å². The summed E-state index contributed by atoms with van der Waals surface area (Å²) in [5.74, 6) is 5.45. The van der Waals surface area contributed by atoms with Crippen LogP contribution in [0.2, 0.25) is 0 Å². The minimum Gasteiger partial charge on any atom is -0.493 e. The lowest BCUT2D eigenvalue weighted by Gasteiger charge is -2.43. The first-order valence-corrected chi connectivity index (χ1v) is 17.1. The van der Waals surface area contributed by atoms with Crippen molar-refractivity contribution in [3.05, 3.63) is 46.5 Å². The van der Waals surface area contributed by atoms with Crippen LogP contribution in [0.5, 0.6) is 23.0 Å². The molecule has 6 rings (SSSR count). The Labute approximate surface area is 302 Å². The Morgan fingerprint density at radius 1 is 0.604 bits per heavy atom. The topological polar surface area (TPSA) is 77.5 Å². The Bertz CT molecular complexity index is 1310. The maximum absolute atomic E-state index is 12.6. The zero-order chi connectivity index (χ0) is 33.1. The second-order valence-electron chi connectivity index (χ2n) is 14.3. The number of benzene rings is 2. The molecule has 268 valence electrons. The number of methoxy groups -OCH3 is 4. The molecule has 48 heavy (non-hydrogen) atoms. The average Bonchev–Trinajstić information content (AvgIpc) is 3.04. The molecule has 0 spiro atoms. The highest BCUT2D eigenvalue weighted by Gasteiger charge is 2.40. The third-order valence-corrected chi connectivity index (χ3v) is 10.3. The predicted octanol–water partition coefficient (Wildman–Crippen LogP) is 6.70. The summed E-state index contributed by atoms with van der Waals surface area (Å²) < 4.78 is 21.7. The molecule has 0 bridgehead atoms. The summed E-state index contributed by atoms with van der Waals surface area (Å²) in [6, 6.07) is 8.71. The monoisotopic (exact) mass is 702 g/mol. The van der Waals surface area contributed by atoms with Crippen molar-refractivity contribution < 1.29 is 28.5 Å². The standard InChI is InChI=1S/2C19H27NO3.2H2S/c2*1-12(2)7-14-11-20-6-5-13-8-18(22-3)19(23-4)9-15(13)16(20)10-17(14)21;;/h2*8-9,12,14,16H,5-7,10-11H2,1-4H3;2*1H2/t2*14-,16-;;/m10../s1. The number of hydrogen-bond donors (Lipinski definition) is 0. The number of nitrogens with zero attached hydrogens (tertiary/aromatic N) is 2. The summed E-state index contributed by atoms with van der Waals surface area (Å²) in [7, 11) is 6.66. The first-order valence-electron chi connectivity index (χ1n) is 17.1. The third kappa shape index (κ3) is 8.66. The van der Waals surface area contributed by atoms with E-state index in [0.29, 0.717) is 36.2 Å². The van der Waals surface area contributed by atoms with E-state index in [9.17, 15) is 9.59 Å². The van der Waals surface area contributed by atoms with Crippen LogP contribution in [-0.4, -0.2) is 76.0 Å². The van der Waals surface area contributed by atoms with Gasteiger partial charge in [0.1, 0.15) is 11.6 Å². The molecular weight excluding hydrogens is 645 g/mol. The van der Waals surface area contributed by atoms with Crippen molar-refractivity contribution >= 4 is 38.6 Å². The highest BCUT2D eigenvalue weighted by Crippen LogP contribution is 2.44. The van der Waals surface area contributed by atoms with Crippen molar-refractivity contribution in [2.24, 2.45) is 23.7 Å². The summed E-state index contributed by atoms with van der Waals surface area (Å²) in [6.45, 7) is 12.6. The Morgan fingerprint density at radius 3 is 1.25 bits per heavy atom. The van der Waals surface area contributed by atoms with Crippen molar-refractivity contribution in [1.29, 1.82) is 0 Å². The predicted molar refractivity (Wildman–Crippen MR) is 201 cm³/mol. The molecule has 10 heteroatoms. The van der Waals surface area contributed by atoms with Gasteiger partial charge in [-0.1, -0.05) is 27.7 Å². The van der Waals surface area contributed by atoms with E-state index in [2.05, 4.69) is 61.8 Å². The fourth-order valence-electron chi connectivity index (χ4n) is 8.11. The van der Waals surface area contributed by atoms with Crippen molar-refractivity contribution in [2.75, 3.05) is 54.6 Å². The molecule has 2 aromatic carbocycles. The van der Waals surface area contributed by atoms with E-state index in [0.717, 1.165) is 74.9 Å². The van der Waals surface area contributed by atoms with Gasteiger partial charge in [0.25, 0.3) is 0 Å². The molecule has 4 heterocycles. The van der Waals surface area contributed by atoms with E-state index in [4.69, 9.17) is 18.9 Å². The smallest absolute Gasteiger partial charge is 0.161 e. The molecule has 2 fully saturated rings. The Balaban J connectivity index is 0.000000250. The minimum absolute atomic E-state index is 0. The average molecular weight is 703 g/mol. The highest BCUT2D eigenvalue weighted by molar-refractivity contribution is 7.59. The van der Waals surface area contributed by atoms with E-state index in [1.54, 1.807) is 28.4 Å². The second-order valence-corrected chi connectivity index (χ2v) is 14.3. The molecule has 8 nitrogen and oxygen atoms in total. The van der Waals surface area contributed by atoms with Crippen LogP contribution in [0.25, 0.3) is 0 Å². The van der Waals surface area contributed by atoms with Crippen LogP contribution in [0.4, 0.5) is 0 Å². The maximum atomic E-state index is 12.6. The number of Topliss-reactive ketones (excluding diaryl/α,β-unsaturated/α-hetero) is 2. The summed E-state index contributed by atoms with van der Waals surface area (Å²) in [4.78, 5) is 30.2. The number of ether oxygens (including phenoxy) is 4. The highest BCUT2D eigenvalue weighted by atomic mass is 32.1. The summed E-state index contributed by atoms with van der Waals surface area (Å²) in [5, 5.41) is 0. The molecule has 2 saturated heterocycles. The van der Waals surface area contributed by atoms with Gasteiger partial charge in [0.15, 0.2) is 23.0 Å². The number of rotatable bonds is 8. The zero-order valence-corrected chi connectivity index (χ0v) is 32.2. The lowest BCUT2D eigenvalue weighted by molar-refractivity contribution is -0.130. The van der Waals surface area contributed by atoms with Crippen LogP contribution in [0.1, 0.15) is 87.7 Å². The molecule has 4 aliphatic heterocycles. The summed E-state index contributed by atoms with van der Waals surface area (Å²) >= 11 is 0. The largest absolute Gasteiger partial charge is 0.493 e. The minimum atomic E-state index is 0. The lowest BCUT2D eigenvalue weighted by atomic mass is 9.80. The van der Waals surface area contributed by atoms with Gasteiger partial charge in [-0.3, -0.25) is 19.4 Å². The van der Waals surface area contributed by atoms with E-state index in [-0.39, 0.29) is 50.9 Å². The van der Waals surface area contributed by atoms with Crippen LogP contribution in [0.3, 0.4) is 0 Å².